The minimum Gasteiger partial charge on any atom is -0.462 e. The summed E-state index contributed by atoms with van der Waals surface area (Å²) in [4.78, 5) is 14.0. The van der Waals surface area contributed by atoms with Crippen LogP contribution in [0.2, 0.25) is 0 Å². The number of benzene rings is 2. The summed E-state index contributed by atoms with van der Waals surface area (Å²) in [5.74, 6) is -0.897. The summed E-state index contributed by atoms with van der Waals surface area (Å²) >= 11 is 0. The van der Waals surface area contributed by atoms with Gasteiger partial charge in [-0.15, -0.1) is 0 Å². The lowest BCUT2D eigenvalue weighted by atomic mass is 10.0. The highest BCUT2D eigenvalue weighted by Crippen LogP contribution is 2.37. The van der Waals surface area contributed by atoms with Gasteiger partial charge in [0.05, 0.1) is 6.61 Å². The normalized spacial score (nSPS) is 18.2. The minimum absolute atomic E-state index is 0.280. The Morgan fingerprint density at radius 3 is 2.62 bits per heavy atom. The van der Waals surface area contributed by atoms with Crippen molar-refractivity contribution in [2.75, 3.05) is 18.4 Å². The molecule has 0 unspecified atom stereocenters. The van der Waals surface area contributed by atoms with E-state index in [0.717, 1.165) is 0 Å². The highest BCUT2D eigenvalue weighted by Gasteiger charge is 2.42. The second-order valence-electron chi connectivity index (χ2n) is 6.48. The van der Waals surface area contributed by atoms with Crippen molar-refractivity contribution in [1.29, 1.82) is 0 Å². The van der Waals surface area contributed by atoms with E-state index in [9.17, 15) is 13.6 Å². The van der Waals surface area contributed by atoms with Gasteiger partial charge in [0.15, 0.2) is 0 Å². The van der Waals surface area contributed by atoms with Crippen LogP contribution in [0.3, 0.4) is 0 Å². The van der Waals surface area contributed by atoms with Gasteiger partial charge in [0.25, 0.3) is 0 Å². The minimum atomic E-state index is -0.791. The molecule has 5 nitrogen and oxygen atoms in total. The fourth-order valence-corrected chi connectivity index (χ4v) is 3.27. The molecule has 2 aromatic rings. The summed E-state index contributed by atoms with van der Waals surface area (Å²) < 4.78 is 38.3. The Morgan fingerprint density at radius 1 is 1.08 bits per heavy atom. The number of hydrogen-bond donors (Lipinski definition) is 1. The first-order valence-corrected chi connectivity index (χ1v) is 8.46. The highest BCUT2D eigenvalue weighted by atomic mass is 19.1. The van der Waals surface area contributed by atoms with Crippen LogP contribution in [0.25, 0.3) is 0 Å². The van der Waals surface area contributed by atoms with Crippen LogP contribution in [0.4, 0.5) is 19.3 Å². The molecule has 26 heavy (non-hydrogen) atoms. The molecule has 1 N–H and O–H groups in total. The number of nitrogens with zero attached hydrogens (tertiary/aromatic N) is 1. The molecule has 2 aliphatic rings. The lowest BCUT2D eigenvalue weighted by molar-refractivity contribution is -0.225. The van der Waals surface area contributed by atoms with Crippen LogP contribution in [0.1, 0.15) is 18.4 Å². The highest BCUT2D eigenvalue weighted by molar-refractivity contribution is 5.89. The van der Waals surface area contributed by atoms with E-state index in [1.54, 1.807) is 23.1 Å². The third kappa shape index (κ3) is 3.35. The molecule has 0 aromatic heterocycles. The molecule has 0 radical (unpaired) electrons. The molecule has 0 atom stereocenters. The first-order valence-electron chi connectivity index (χ1n) is 8.46. The van der Waals surface area contributed by atoms with Gasteiger partial charge in [-0.05, 0) is 36.4 Å². The molecule has 136 valence electrons. The number of halogens is 2. The van der Waals surface area contributed by atoms with E-state index in [0.29, 0.717) is 42.9 Å². The number of piperidine rings is 1. The number of anilines is 1. The predicted molar refractivity (Wildman–Crippen MR) is 90.8 cm³/mol. The van der Waals surface area contributed by atoms with E-state index < -0.39 is 11.6 Å². The Balaban J connectivity index is 1.38. The summed E-state index contributed by atoms with van der Waals surface area (Å²) in [6.07, 6.45) is 1.00. The van der Waals surface area contributed by atoms with Crippen molar-refractivity contribution in [2.24, 2.45) is 0 Å². The zero-order chi connectivity index (χ0) is 18.1. The summed E-state index contributed by atoms with van der Waals surface area (Å²) in [6, 6.07) is 9.86. The maximum atomic E-state index is 13.3. The SMILES string of the molecule is O=C(Nc1cccc(F)c1)N1CCC2(CC1)OCc1cc(F)ccc1O2. The second kappa shape index (κ2) is 6.57. The van der Waals surface area contributed by atoms with Crippen molar-refractivity contribution >= 4 is 11.7 Å². The van der Waals surface area contributed by atoms with Crippen LogP contribution >= 0.6 is 0 Å². The Hall–Kier alpha value is -2.67. The number of hydrogen-bond acceptors (Lipinski definition) is 3. The number of nitrogens with one attached hydrogen (secondary N) is 1. The molecular formula is C19H18F2N2O3. The first kappa shape index (κ1) is 16.8. The van der Waals surface area contributed by atoms with Gasteiger partial charge in [-0.25, -0.2) is 13.6 Å². The number of rotatable bonds is 1. The largest absolute Gasteiger partial charge is 0.462 e. The third-order valence-electron chi connectivity index (χ3n) is 4.70. The van der Waals surface area contributed by atoms with Gasteiger partial charge < -0.3 is 19.7 Å². The van der Waals surface area contributed by atoms with E-state index in [1.165, 1.54) is 24.3 Å². The van der Waals surface area contributed by atoms with Gasteiger partial charge in [0.2, 0.25) is 5.79 Å². The molecule has 2 aliphatic heterocycles. The Bertz CT molecular complexity index is 835. The fourth-order valence-electron chi connectivity index (χ4n) is 3.27. The van der Waals surface area contributed by atoms with Crippen molar-refractivity contribution < 1.29 is 23.0 Å². The zero-order valence-electron chi connectivity index (χ0n) is 14.0. The third-order valence-corrected chi connectivity index (χ3v) is 4.70. The number of likely N-dealkylation sites (tertiary alicyclic amines) is 1. The molecule has 1 spiro atoms. The Kier molecular flexibility index (Phi) is 4.24. The lowest BCUT2D eigenvalue weighted by Gasteiger charge is -2.43. The van der Waals surface area contributed by atoms with Crippen molar-refractivity contribution in [3.05, 3.63) is 59.7 Å². The standard InChI is InChI=1S/C19H18F2N2O3/c20-14-2-1-3-16(11-14)22-18(24)23-8-6-19(7-9-23)25-12-13-10-15(21)4-5-17(13)26-19/h1-5,10-11H,6-9,12H2,(H,22,24). The predicted octanol–water partition coefficient (Wildman–Crippen LogP) is 3.90. The number of ether oxygens (including phenoxy) is 2. The van der Waals surface area contributed by atoms with Gasteiger partial charge in [-0.1, -0.05) is 6.07 Å². The van der Waals surface area contributed by atoms with E-state index in [4.69, 9.17) is 9.47 Å². The zero-order valence-corrected chi connectivity index (χ0v) is 14.0. The Morgan fingerprint density at radius 2 is 1.85 bits per heavy atom. The van der Waals surface area contributed by atoms with Crippen LogP contribution < -0.4 is 10.1 Å². The smallest absolute Gasteiger partial charge is 0.321 e. The summed E-state index contributed by atoms with van der Waals surface area (Å²) in [7, 11) is 0. The van der Waals surface area contributed by atoms with Gasteiger partial charge in [0, 0.05) is 37.2 Å². The summed E-state index contributed by atoms with van der Waals surface area (Å²) in [5.41, 5.74) is 1.10. The molecule has 7 heteroatoms. The molecule has 0 aliphatic carbocycles. The van der Waals surface area contributed by atoms with Crippen LogP contribution in [-0.4, -0.2) is 29.8 Å². The lowest BCUT2D eigenvalue weighted by Crippen LogP contribution is -2.53. The molecule has 1 saturated heterocycles. The maximum absolute atomic E-state index is 13.3. The molecule has 1 fully saturated rings. The summed E-state index contributed by atoms with van der Waals surface area (Å²) in [5, 5.41) is 2.69. The average molecular weight is 360 g/mol. The second-order valence-corrected chi connectivity index (χ2v) is 6.48. The molecule has 2 amide bonds. The average Bonchev–Trinajstić information content (AvgIpc) is 2.63. The molecule has 4 rings (SSSR count). The topological polar surface area (TPSA) is 50.8 Å². The molecule has 2 aromatic carbocycles. The van der Waals surface area contributed by atoms with E-state index >= 15 is 0 Å². The molecule has 0 saturated carbocycles. The fraction of sp³-hybridized carbons (Fsp3) is 0.316. The van der Waals surface area contributed by atoms with Gasteiger partial charge in [-0.2, -0.15) is 0 Å². The van der Waals surface area contributed by atoms with Crippen LogP contribution in [0.15, 0.2) is 42.5 Å². The number of carbonyl (C=O) groups is 1. The summed E-state index contributed by atoms with van der Waals surface area (Å²) in [6.45, 7) is 1.16. The molecule has 2 heterocycles. The number of carbonyl (C=O) groups excluding carboxylic acids is 1. The van der Waals surface area contributed by atoms with Gasteiger partial charge >= 0.3 is 6.03 Å². The maximum Gasteiger partial charge on any atom is 0.321 e. The monoisotopic (exact) mass is 360 g/mol. The van der Waals surface area contributed by atoms with E-state index in [-0.39, 0.29) is 18.5 Å². The van der Waals surface area contributed by atoms with Crippen LogP contribution in [-0.2, 0) is 11.3 Å². The Labute approximate surface area is 149 Å². The molecular weight excluding hydrogens is 342 g/mol. The number of fused-ring (bicyclic) bond motifs is 1. The molecule has 0 bridgehead atoms. The van der Waals surface area contributed by atoms with Crippen molar-refractivity contribution in [2.45, 2.75) is 25.2 Å². The van der Waals surface area contributed by atoms with Crippen LogP contribution in [0.5, 0.6) is 5.75 Å². The van der Waals surface area contributed by atoms with Crippen LogP contribution in [0, 0.1) is 11.6 Å². The van der Waals surface area contributed by atoms with Gasteiger partial charge in [0.1, 0.15) is 17.4 Å². The first-order chi connectivity index (χ1) is 12.5. The number of urea groups is 1. The van der Waals surface area contributed by atoms with Gasteiger partial charge in [-0.3, -0.25) is 0 Å². The van der Waals surface area contributed by atoms with Crippen molar-refractivity contribution in [3.8, 4) is 5.75 Å². The van der Waals surface area contributed by atoms with E-state index in [2.05, 4.69) is 5.32 Å². The van der Waals surface area contributed by atoms with Crippen molar-refractivity contribution in [1.82, 2.24) is 4.90 Å². The van der Waals surface area contributed by atoms with E-state index in [1.807, 2.05) is 0 Å². The quantitative estimate of drug-likeness (QED) is 0.839. The number of amides is 2. The van der Waals surface area contributed by atoms with Crippen molar-refractivity contribution in [3.63, 3.8) is 0 Å².